The van der Waals surface area contributed by atoms with E-state index in [1.54, 1.807) is 36.7 Å². The zero-order valence-electron chi connectivity index (χ0n) is 13.1. The number of furan rings is 1. The van der Waals surface area contributed by atoms with Crippen LogP contribution in [-0.4, -0.2) is 29.1 Å². The molecule has 0 aliphatic heterocycles. The van der Waals surface area contributed by atoms with Crippen LogP contribution in [0.5, 0.6) is 0 Å². The Hall–Kier alpha value is -1.86. The lowest BCUT2D eigenvalue weighted by Gasteiger charge is -2.22. The standard InChI is InChI=1S/C15H22N4O2S/c1-4-16-14(18-9-12-8-17-11(2)22-12)19-10-15(3,20)13-6-5-7-21-13/h5-8,20H,4,9-10H2,1-3H3,(H2,16,18,19). The minimum atomic E-state index is -1.10. The van der Waals surface area contributed by atoms with Crippen molar-refractivity contribution >= 4 is 17.3 Å². The van der Waals surface area contributed by atoms with E-state index in [1.165, 1.54) is 0 Å². The number of thiazole rings is 1. The van der Waals surface area contributed by atoms with Crippen LogP contribution in [0.2, 0.25) is 0 Å². The maximum atomic E-state index is 10.4. The van der Waals surface area contributed by atoms with Gasteiger partial charge in [0.2, 0.25) is 0 Å². The van der Waals surface area contributed by atoms with E-state index in [0.29, 0.717) is 24.8 Å². The van der Waals surface area contributed by atoms with Crippen molar-refractivity contribution in [3.05, 3.63) is 40.2 Å². The van der Waals surface area contributed by atoms with Gasteiger partial charge in [-0.2, -0.15) is 0 Å². The molecule has 2 rings (SSSR count). The first kappa shape index (κ1) is 16.5. The van der Waals surface area contributed by atoms with E-state index in [1.807, 2.05) is 20.0 Å². The lowest BCUT2D eigenvalue weighted by atomic mass is 10.0. The fraction of sp³-hybridized carbons (Fsp3) is 0.467. The topological polar surface area (TPSA) is 82.7 Å². The summed E-state index contributed by atoms with van der Waals surface area (Å²) in [5, 5.41) is 17.8. The fourth-order valence-electron chi connectivity index (χ4n) is 1.91. The molecule has 0 aliphatic rings. The van der Waals surface area contributed by atoms with Gasteiger partial charge in [0, 0.05) is 17.6 Å². The number of hydrogen-bond donors (Lipinski definition) is 3. The number of rotatable bonds is 6. The molecular formula is C15H22N4O2S. The maximum absolute atomic E-state index is 10.4. The SMILES string of the molecule is CCNC(=NCc1cnc(C)s1)NCC(C)(O)c1ccco1. The van der Waals surface area contributed by atoms with Crippen molar-refractivity contribution in [1.29, 1.82) is 0 Å². The molecular weight excluding hydrogens is 300 g/mol. The number of aromatic nitrogens is 1. The van der Waals surface area contributed by atoms with Gasteiger partial charge in [0.1, 0.15) is 11.4 Å². The third kappa shape index (κ3) is 4.57. The zero-order valence-corrected chi connectivity index (χ0v) is 13.9. The Kier molecular flexibility index (Phi) is 5.57. The summed E-state index contributed by atoms with van der Waals surface area (Å²) in [5.74, 6) is 1.18. The number of guanidine groups is 1. The second-order valence-corrected chi connectivity index (χ2v) is 6.46. The smallest absolute Gasteiger partial charge is 0.191 e. The number of nitrogens with zero attached hydrogens (tertiary/aromatic N) is 2. The Morgan fingerprint density at radius 2 is 2.32 bits per heavy atom. The van der Waals surface area contributed by atoms with E-state index in [2.05, 4.69) is 20.6 Å². The van der Waals surface area contributed by atoms with Gasteiger partial charge in [0.25, 0.3) is 0 Å². The van der Waals surface area contributed by atoms with Crippen LogP contribution in [0, 0.1) is 6.92 Å². The Balaban J connectivity index is 1.96. The van der Waals surface area contributed by atoms with Crippen LogP contribution in [0.1, 0.15) is 29.5 Å². The number of aliphatic hydroxyl groups is 1. The molecule has 2 aromatic rings. The Labute approximate surface area is 134 Å². The predicted octanol–water partition coefficient (Wildman–Crippen LogP) is 2.01. The molecule has 120 valence electrons. The minimum Gasteiger partial charge on any atom is -0.466 e. The summed E-state index contributed by atoms with van der Waals surface area (Å²) in [7, 11) is 0. The van der Waals surface area contributed by atoms with Crippen molar-refractivity contribution in [3.63, 3.8) is 0 Å². The molecule has 22 heavy (non-hydrogen) atoms. The largest absolute Gasteiger partial charge is 0.466 e. The summed E-state index contributed by atoms with van der Waals surface area (Å²) in [6.45, 7) is 7.28. The van der Waals surface area contributed by atoms with Gasteiger partial charge in [0.15, 0.2) is 5.96 Å². The van der Waals surface area contributed by atoms with E-state index in [-0.39, 0.29) is 0 Å². The van der Waals surface area contributed by atoms with Crippen molar-refractivity contribution in [2.75, 3.05) is 13.1 Å². The van der Waals surface area contributed by atoms with Crippen LogP contribution in [0.15, 0.2) is 34.0 Å². The lowest BCUT2D eigenvalue weighted by molar-refractivity contribution is 0.0386. The van der Waals surface area contributed by atoms with E-state index >= 15 is 0 Å². The highest BCUT2D eigenvalue weighted by Gasteiger charge is 2.26. The van der Waals surface area contributed by atoms with Crippen LogP contribution in [0.3, 0.4) is 0 Å². The van der Waals surface area contributed by atoms with Gasteiger partial charge in [0.05, 0.1) is 24.4 Å². The van der Waals surface area contributed by atoms with Crippen molar-refractivity contribution in [3.8, 4) is 0 Å². The van der Waals surface area contributed by atoms with Gasteiger partial charge in [-0.15, -0.1) is 11.3 Å². The summed E-state index contributed by atoms with van der Waals surface area (Å²) in [5.41, 5.74) is -1.10. The van der Waals surface area contributed by atoms with Crippen LogP contribution >= 0.6 is 11.3 Å². The molecule has 0 saturated heterocycles. The number of aryl methyl sites for hydroxylation is 1. The molecule has 3 N–H and O–H groups in total. The zero-order chi connectivity index (χ0) is 16.0. The van der Waals surface area contributed by atoms with E-state index in [4.69, 9.17) is 4.42 Å². The first-order valence-corrected chi connectivity index (χ1v) is 8.03. The van der Waals surface area contributed by atoms with Gasteiger partial charge in [-0.25, -0.2) is 9.98 Å². The second kappa shape index (κ2) is 7.42. The molecule has 0 saturated carbocycles. The Bertz CT molecular complexity index is 605. The van der Waals surface area contributed by atoms with Gasteiger partial charge in [-0.1, -0.05) is 0 Å². The summed E-state index contributed by atoms with van der Waals surface area (Å²) in [4.78, 5) is 9.82. The van der Waals surface area contributed by atoms with E-state index < -0.39 is 5.60 Å². The fourth-order valence-corrected chi connectivity index (χ4v) is 2.62. The van der Waals surface area contributed by atoms with Gasteiger partial charge >= 0.3 is 0 Å². The first-order chi connectivity index (χ1) is 10.5. The van der Waals surface area contributed by atoms with Crippen LogP contribution in [0.4, 0.5) is 0 Å². The molecule has 0 spiro atoms. The molecule has 2 heterocycles. The highest BCUT2D eigenvalue weighted by atomic mass is 32.1. The second-order valence-electron chi connectivity index (χ2n) is 5.15. The maximum Gasteiger partial charge on any atom is 0.191 e. The molecule has 2 aromatic heterocycles. The van der Waals surface area contributed by atoms with Crippen molar-refractivity contribution in [2.24, 2.45) is 4.99 Å². The quantitative estimate of drug-likeness (QED) is 0.560. The average molecular weight is 322 g/mol. The molecule has 0 aromatic carbocycles. The molecule has 6 nitrogen and oxygen atoms in total. The monoisotopic (exact) mass is 322 g/mol. The normalized spacial score (nSPS) is 14.6. The molecule has 1 atom stereocenters. The minimum absolute atomic E-state index is 0.300. The molecule has 0 radical (unpaired) electrons. The van der Waals surface area contributed by atoms with Crippen LogP contribution in [-0.2, 0) is 12.1 Å². The molecule has 7 heteroatoms. The highest BCUT2D eigenvalue weighted by molar-refractivity contribution is 7.11. The van der Waals surface area contributed by atoms with Crippen LogP contribution in [0.25, 0.3) is 0 Å². The molecule has 0 amide bonds. The van der Waals surface area contributed by atoms with Crippen molar-refractivity contribution < 1.29 is 9.52 Å². The molecule has 1 unspecified atom stereocenters. The number of nitrogens with one attached hydrogen (secondary N) is 2. The van der Waals surface area contributed by atoms with Crippen molar-refractivity contribution in [2.45, 2.75) is 32.9 Å². The Morgan fingerprint density at radius 3 is 2.91 bits per heavy atom. The molecule has 0 aliphatic carbocycles. The van der Waals surface area contributed by atoms with Gasteiger partial charge in [-0.05, 0) is 32.9 Å². The van der Waals surface area contributed by atoms with E-state index in [0.717, 1.165) is 16.4 Å². The average Bonchev–Trinajstić information content (AvgIpc) is 3.13. The van der Waals surface area contributed by atoms with Gasteiger partial charge in [-0.3, -0.25) is 0 Å². The number of hydrogen-bond acceptors (Lipinski definition) is 5. The van der Waals surface area contributed by atoms with Gasteiger partial charge < -0.3 is 20.2 Å². The Morgan fingerprint density at radius 1 is 1.50 bits per heavy atom. The summed E-state index contributed by atoms with van der Waals surface area (Å²) in [6, 6.07) is 3.51. The summed E-state index contributed by atoms with van der Waals surface area (Å²) < 4.78 is 5.27. The highest BCUT2D eigenvalue weighted by Crippen LogP contribution is 2.19. The third-order valence-electron chi connectivity index (χ3n) is 3.06. The summed E-state index contributed by atoms with van der Waals surface area (Å²) >= 11 is 1.63. The molecule has 0 fully saturated rings. The summed E-state index contributed by atoms with van der Waals surface area (Å²) in [6.07, 6.45) is 3.39. The predicted molar refractivity (Wildman–Crippen MR) is 87.9 cm³/mol. The third-order valence-corrected chi connectivity index (χ3v) is 3.96. The van der Waals surface area contributed by atoms with Crippen LogP contribution < -0.4 is 10.6 Å². The number of aliphatic imine (C=N–C) groups is 1. The lowest BCUT2D eigenvalue weighted by Crippen LogP contribution is -2.44. The molecule has 0 bridgehead atoms. The van der Waals surface area contributed by atoms with Crippen molar-refractivity contribution in [1.82, 2.24) is 15.6 Å². The first-order valence-electron chi connectivity index (χ1n) is 7.21. The van der Waals surface area contributed by atoms with E-state index in [9.17, 15) is 5.11 Å².